The molecule has 3 aromatic rings. The zero-order valence-electron chi connectivity index (χ0n) is 17.3. The van der Waals surface area contributed by atoms with E-state index in [0.717, 1.165) is 12.1 Å². The van der Waals surface area contributed by atoms with Crippen LogP contribution in [-0.2, 0) is 17.8 Å². The molecule has 2 bridgehead atoms. The molecule has 0 radical (unpaired) electrons. The SMILES string of the molecule is O=C(CCc1nc2ccccc2c(=O)[nH]1)N1CC2CC(C1)c1ccc([NH+]([O-])O)c(=O)n1C2. The average molecular weight is 437 g/mol. The molecule has 3 unspecified atom stereocenters. The molecule has 1 saturated heterocycles. The first-order chi connectivity index (χ1) is 15.4. The van der Waals surface area contributed by atoms with Crippen molar-refractivity contribution >= 4 is 22.5 Å². The van der Waals surface area contributed by atoms with Crippen LogP contribution in [0.3, 0.4) is 0 Å². The number of carbonyl (C=O) groups is 1. The van der Waals surface area contributed by atoms with Crippen molar-refractivity contribution < 1.29 is 15.2 Å². The second-order valence-electron chi connectivity index (χ2n) is 8.52. The number of aromatic nitrogens is 3. The molecule has 0 aliphatic carbocycles. The Morgan fingerprint density at radius 2 is 2.00 bits per heavy atom. The molecule has 0 spiro atoms. The largest absolute Gasteiger partial charge is 0.595 e. The van der Waals surface area contributed by atoms with Gasteiger partial charge in [-0.15, -0.1) is 0 Å². The number of quaternary nitrogens is 1. The van der Waals surface area contributed by atoms with Crippen molar-refractivity contribution in [2.75, 3.05) is 13.1 Å². The lowest BCUT2D eigenvalue weighted by Gasteiger charge is -2.42. The van der Waals surface area contributed by atoms with E-state index in [1.165, 1.54) is 6.07 Å². The number of piperidine rings is 1. The fraction of sp³-hybridized carbons (Fsp3) is 0.364. The van der Waals surface area contributed by atoms with Crippen LogP contribution in [-0.4, -0.2) is 43.6 Å². The number of aryl methyl sites for hydroxylation is 1. The van der Waals surface area contributed by atoms with E-state index in [-0.39, 0.29) is 35.4 Å². The fourth-order valence-corrected chi connectivity index (χ4v) is 4.95. The number of amides is 1. The van der Waals surface area contributed by atoms with Crippen LogP contribution in [0.25, 0.3) is 10.9 Å². The van der Waals surface area contributed by atoms with Crippen LogP contribution < -0.4 is 16.3 Å². The Labute approximate surface area is 182 Å². The Balaban J connectivity index is 1.30. The molecule has 5 rings (SSSR count). The second kappa shape index (κ2) is 7.97. The third-order valence-electron chi connectivity index (χ3n) is 6.42. The van der Waals surface area contributed by atoms with E-state index in [1.54, 1.807) is 28.8 Å². The normalized spacial score (nSPS) is 20.8. The first kappa shape index (κ1) is 20.6. The number of fused-ring (bicyclic) bond motifs is 5. The van der Waals surface area contributed by atoms with Gasteiger partial charge < -0.3 is 19.7 Å². The van der Waals surface area contributed by atoms with Gasteiger partial charge >= 0.3 is 5.56 Å². The van der Waals surface area contributed by atoms with Gasteiger partial charge in [0.2, 0.25) is 11.6 Å². The summed E-state index contributed by atoms with van der Waals surface area (Å²) in [6.45, 7) is 1.43. The molecule has 2 aliphatic heterocycles. The quantitative estimate of drug-likeness (QED) is 0.494. The van der Waals surface area contributed by atoms with Crippen molar-refractivity contribution in [3.8, 4) is 0 Å². The number of para-hydroxylation sites is 1. The monoisotopic (exact) mass is 437 g/mol. The molecule has 166 valence electrons. The molecule has 1 amide bonds. The van der Waals surface area contributed by atoms with E-state index in [1.807, 2.05) is 11.0 Å². The highest BCUT2D eigenvalue weighted by molar-refractivity contribution is 5.78. The van der Waals surface area contributed by atoms with Gasteiger partial charge in [-0.1, -0.05) is 12.1 Å². The summed E-state index contributed by atoms with van der Waals surface area (Å²) < 4.78 is 1.56. The average Bonchev–Trinajstić information content (AvgIpc) is 2.78. The van der Waals surface area contributed by atoms with Gasteiger partial charge in [0.05, 0.1) is 10.9 Å². The highest BCUT2D eigenvalue weighted by Crippen LogP contribution is 2.35. The number of benzene rings is 1. The van der Waals surface area contributed by atoms with E-state index in [0.29, 0.717) is 42.8 Å². The predicted octanol–water partition coefficient (Wildman–Crippen LogP) is 0.0667. The smallest absolute Gasteiger partial charge is 0.315 e. The lowest BCUT2D eigenvalue weighted by Crippen LogP contribution is -3.00. The zero-order valence-corrected chi connectivity index (χ0v) is 17.3. The molecular weight excluding hydrogens is 414 g/mol. The van der Waals surface area contributed by atoms with E-state index in [4.69, 9.17) is 0 Å². The topological polar surface area (TPSA) is 136 Å². The minimum Gasteiger partial charge on any atom is -0.595 e. The molecule has 3 N–H and O–H groups in total. The number of H-pyrrole nitrogens is 1. The van der Waals surface area contributed by atoms with E-state index >= 15 is 0 Å². The Morgan fingerprint density at radius 1 is 1.19 bits per heavy atom. The Bertz CT molecular complexity index is 1310. The number of hydrogen-bond donors (Lipinski definition) is 3. The van der Waals surface area contributed by atoms with Crippen molar-refractivity contribution in [2.45, 2.75) is 31.7 Å². The van der Waals surface area contributed by atoms with Crippen LogP contribution in [0.15, 0.2) is 46.0 Å². The minimum atomic E-state index is -1.22. The summed E-state index contributed by atoms with van der Waals surface area (Å²) in [5.74, 6) is 0.567. The molecule has 10 heteroatoms. The summed E-state index contributed by atoms with van der Waals surface area (Å²) in [7, 11) is 0. The molecule has 0 saturated carbocycles. The summed E-state index contributed by atoms with van der Waals surface area (Å²) in [6, 6.07) is 10.1. The van der Waals surface area contributed by atoms with Crippen molar-refractivity contribution in [3.63, 3.8) is 0 Å². The maximum Gasteiger partial charge on any atom is 0.315 e. The maximum atomic E-state index is 12.9. The molecule has 10 nitrogen and oxygen atoms in total. The molecule has 1 aromatic carbocycles. The molecule has 1 fully saturated rings. The molecule has 2 aromatic heterocycles. The first-order valence-electron chi connectivity index (χ1n) is 10.6. The first-order valence-corrected chi connectivity index (χ1v) is 10.6. The Morgan fingerprint density at radius 3 is 2.81 bits per heavy atom. The third-order valence-corrected chi connectivity index (χ3v) is 6.42. The maximum absolute atomic E-state index is 12.9. The van der Waals surface area contributed by atoms with Gasteiger partial charge in [-0.25, -0.2) is 10.2 Å². The van der Waals surface area contributed by atoms with Crippen LogP contribution in [0, 0.1) is 11.1 Å². The van der Waals surface area contributed by atoms with Gasteiger partial charge in [-0.05, 0) is 30.5 Å². The van der Waals surface area contributed by atoms with Crippen LogP contribution in [0.1, 0.15) is 30.3 Å². The standard InChI is InChI=1S/C22H23N5O5/c28-20(8-7-19-23-16-4-2-1-3-15(16)21(29)24-19)25-10-13-9-14(12-25)17-5-6-18(27(31)32)22(30)26(17)11-13/h1-6,13-14,27,31H,7-12H2,(H,23,24,29). The summed E-state index contributed by atoms with van der Waals surface area (Å²) in [5.41, 5.74) is 0.478. The predicted molar refractivity (Wildman–Crippen MR) is 115 cm³/mol. The molecule has 2 aliphatic rings. The summed E-state index contributed by atoms with van der Waals surface area (Å²) in [4.78, 5) is 46.7. The summed E-state index contributed by atoms with van der Waals surface area (Å²) in [5, 5.41) is 19.8. The van der Waals surface area contributed by atoms with Crippen LogP contribution in [0.4, 0.5) is 5.69 Å². The number of nitrogens with one attached hydrogen (secondary N) is 2. The van der Waals surface area contributed by atoms with Gasteiger partial charge in [-0.2, -0.15) is 5.23 Å². The number of aromatic amines is 1. The highest BCUT2D eigenvalue weighted by Gasteiger charge is 2.37. The fourth-order valence-electron chi connectivity index (χ4n) is 4.95. The van der Waals surface area contributed by atoms with Gasteiger partial charge in [0.1, 0.15) is 5.82 Å². The van der Waals surface area contributed by atoms with Gasteiger partial charge in [0.15, 0.2) is 0 Å². The van der Waals surface area contributed by atoms with Crippen molar-refractivity contribution in [2.24, 2.45) is 5.92 Å². The van der Waals surface area contributed by atoms with Gasteiger partial charge in [-0.3, -0.25) is 14.4 Å². The van der Waals surface area contributed by atoms with E-state index < -0.39 is 10.8 Å². The number of hydrogen-bond acceptors (Lipinski definition) is 6. The summed E-state index contributed by atoms with van der Waals surface area (Å²) >= 11 is 0. The van der Waals surface area contributed by atoms with Crippen LogP contribution >= 0.6 is 0 Å². The number of carbonyl (C=O) groups excluding carboxylic acids is 1. The van der Waals surface area contributed by atoms with Gasteiger partial charge in [0.25, 0.3) is 5.56 Å². The van der Waals surface area contributed by atoms with E-state index in [9.17, 15) is 24.8 Å². The molecule has 4 heterocycles. The van der Waals surface area contributed by atoms with Crippen molar-refractivity contribution in [1.82, 2.24) is 19.4 Å². The van der Waals surface area contributed by atoms with Crippen molar-refractivity contribution in [1.29, 1.82) is 0 Å². The zero-order chi connectivity index (χ0) is 22.4. The second-order valence-corrected chi connectivity index (χ2v) is 8.52. The number of nitrogens with zero attached hydrogens (tertiary/aromatic N) is 3. The Kier molecular flexibility index (Phi) is 5.12. The summed E-state index contributed by atoms with van der Waals surface area (Å²) in [6.07, 6.45) is 1.43. The van der Waals surface area contributed by atoms with E-state index in [2.05, 4.69) is 9.97 Å². The highest BCUT2D eigenvalue weighted by atomic mass is 16.8. The molecule has 32 heavy (non-hydrogen) atoms. The molecular formula is C22H23N5O5. The third kappa shape index (κ3) is 3.62. The molecule has 3 atom stereocenters. The minimum absolute atomic E-state index is 0.000552. The van der Waals surface area contributed by atoms with Crippen LogP contribution in [0.2, 0.25) is 0 Å². The lowest BCUT2D eigenvalue weighted by molar-refractivity contribution is -0.992. The van der Waals surface area contributed by atoms with Crippen LogP contribution in [0.5, 0.6) is 0 Å². The van der Waals surface area contributed by atoms with Gasteiger partial charge in [0, 0.05) is 50.2 Å². The van der Waals surface area contributed by atoms with Crippen molar-refractivity contribution in [3.05, 3.63) is 73.8 Å². The number of likely N-dealkylation sites (tertiary alicyclic amines) is 1. The Hall–Kier alpha value is -3.34. The lowest BCUT2D eigenvalue weighted by atomic mass is 9.83. The number of pyridine rings is 1. The number of rotatable bonds is 4.